The first-order chi connectivity index (χ1) is 9.67. The highest BCUT2D eigenvalue weighted by atomic mass is 16.5. The number of methoxy groups -OCH3 is 1. The van der Waals surface area contributed by atoms with E-state index < -0.39 is 0 Å². The quantitative estimate of drug-likeness (QED) is 0.390. The van der Waals surface area contributed by atoms with Gasteiger partial charge in [-0.2, -0.15) is 0 Å². The van der Waals surface area contributed by atoms with Crippen molar-refractivity contribution in [2.24, 2.45) is 5.84 Å². The summed E-state index contributed by atoms with van der Waals surface area (Å²) in [5, 5.41) is 0. The van der Waals surface area contributed by atoms with Crippen molar-refractivity contribution in [3.63, 3.8) is 0 Å². The summed E-state index contributed by atoms with van der Waals surface area (Å²) in [5.41, 5.74) is 3.94. The Balaban J connectivity index is 2.44. The molecule has 20 heavy (non-hydrogen) atoms. The zero-order valence-corrected chi connectivity index (χ0v) is 12.6. The van der Waals surface area contributed by atoms with E-state index in [1.807, 2.05) is 38.1 Å². The minimum absolute atomic E-state index is 0.0747. The maximum atomic E-state index is 5.62. The van der Waals surface area contributed by atoms with Crippen molar-refractivity contribution in [3.8, 4) is 5.75 Å². The fourth-order valence-electron chi connectivity index (χ4n) is 1.84. The zero-order chi connectivity index (χ0) is 14.8. The molecule has 1 rings (SSSR count). The molecule has 3 N–H and O–H groups in total. The van der Waals surface area contributed by atoms with Gasteiger partial charge in [0.15, 0.2) is 0 Å². The SMILES string of the molecule is COCCOCCC(NN)c1ccc(OC(C)C)cc1. The summed E-state index contributed by atoms with van der Waals surface area (Å²) < 4.78 is 16.0. The Morgan fingerprint density at radius 2 is 1.80 bits per heavy atom. The van der Waals surface area contributed by atoms with Gasteiger partial charge in [0.2, 0.25) is 0 Å². The molecule has 0 amide bonds. The fourth-order valence-corrected chi connectivity index (χ4v) is 1.84. The van der Waals surface area contributed by atoms with Crippen molar-refractivity contribution in [2.45, 2.75) is 32.4 Å². The van der Waals surface area contributed by atoms with Gasteiger partial charge >= 0.3 is 0 Å². The molecule has 0 aliphatic carbocycles. The number of hydrogen-bond donors (Lipinski definition) is 2. The molecule has 1 aromatic rings. The van der Waals surface area contributed by atoms with Gasteiger partial charge in [0.1, 0.15) is 5.75 Å². The molecule has 0 aliphatic rings. The van der Waals surface area contributed by atoms with Crippen LogP contribution in [0.2, 0.25) is 0 Å². The van der Waals surface area contributed by atoms with Gasteiger partial charge in [0.25, 0.3) is 0 Å². The second kappa shape index (κ2) is 9.72. The Labute approximate surface area is 121 Å². The van der Waals surface area contributed by atoms with Crippen LogP contribution in [0.4, 0.5) is 0 Å². The second-order valence-electron chi connectivity index (χ2n) is 4.85. The molecule has 5 heteroatoms. The lowest BCUT2D eigenvalue weighted by Crippen LogP contribution is -2.29. The van der Waals surface area contributed by atoms with Crippen LogP contribution in [-0.4, -0.2) is 33.0 Å². The van der Waals surface area contributed by atoms with E-state index in [2.05, 4.69) is 5.43 Å². The van der Waals surface area contributed by atoms with Crippen molar-refractivity contribution in [3.05, 3.63) is 29.8 Å². The number of ether oxygens (including phenoxy) is 3. The van der Waals surface area contributed by atoms with Crippen molar-refractivity contribution < 1.29 is 14.2 Å². The summed E-state index contributed by atoms with van der Waals surface area (Å²) >= 11 is 0. The largest absolute Gasteiger partial charge is 0.491 e. The molecule has 0 heterocycles. The lowest BCUT2D eigenvalue weighted by Gasteiger charge is -2.17. The van der Waals surface area contributed by atoms with Crippen LogP contribution in [0.25, 0.3) is 0 Å². The molecular formula is C15H26N2O3. The smallest absolute Gasteiger partial charge is 0.119 e. The number of hydrogen-bond acceptors (Lipinski definition) is 5. The Hall–Kier alpha value is -1.14. The van der Waals surface area contributed by atoms with E-state index in [0.29, 0.717) is 19.8 Å². The van der Waals surface area contributed by atoms with Gasteiger partial charge in [0.05, 0.1) is 19.3 Å². The van der Waals surface area contributed by atoms with Crippen molar-refractivity contribution in [1.29, 1.82) is 0 Å². The first-order valence-corrected chi connectivity index (χ1v) is 6.96. The van der Waals surface area contributed by atoms with Gasteiger partial charge in [0, 0.05) is 19.8 Å². The Bertz CT molecular complexity index is 355. The highest BCUT2D eigenvalue weighted by Crippen LogP contribution is 2.20. The highest BCUT2D eigenvalue weighted by molar-refractivity contribution is 5.29. The van der Waals surface area contributed by atoms with E-state index >= 15 is 0 Å². The van der Waals surface area contributed by atoms with Gasteiger partial charge in [-0.15, -0.1) is 0 Å². The third-order valence-corrected chi connectivity index (χ3v) is 2.84. The molecule has 5 nitrogen and oxygen atoms in total. The summed E-state index contributed by atoms with van der Waals surface area (Å²) in [5.74, 6) is 6.47. The summed E-state index contributed by atoms with van der Waals surface area (Å²) in [4.78, 5) is 0. The lowest BCUT2D eigenvalue weighted by atomic mass is 10.0. The first-order valence-electron chi connectivity index (χ1n) is 6.96. The summed E-state index contributed by atoms with van der Waals surface area (Å²) in [6.07, 6.45) is 0.989. The van der Waals surface area contributed by atoms with Crippen LogP contribution >= 0.6 is 0 Å². The van der Waals surface area contributed by atoms with Gasteiger partial charge in [-0.05, 0) is 38.0 Å². The number of benzene rings is 1. The average Bonchev–Trinajstić information content (AvgIpc) is 2.43. The predicted molar refractivity (Wildman–Crippen MR) is 79.6 cm³/mol. The Kier molecular flexibility index (Phi) is 8.22. The maximum Gasteiger partial charge on any atom is 0.119 e. The molecule has 0 fully saturated rings. The molecule has 0 saturated heterocycles. The molecule has 0 radical (unpaired) electrons. The first kappa shape index (κ1) is 16.9. The highest BCUT2D eigenvalue weighted by Gasteiger charge is 2.09. The summed E-state index contributed by atoms with van der Waals surface area (Å²) in [6, 6.07) is 8.05. The van der Waals surface area contributed by atoms with Crippen LogP contribution in [0.3, 0.4) is 0 Å². The molecule has 0 saturated carbocycles. The standard InChI is InChI=1S/C15H26N2O3/c1-12(2)20-14-6-4-13(5-7-14)15(17-16)8-9-19-11-10-18-3/h4-7,12,15,17H,8-11,16H2,1-3H3. The van der Waals surface area contributed by atoms with Crippen LogP contribution in [0.5, 0.6) is 5.75 Å². The zero-order valence-electron chi connectivity index (χ0n) is 12.6. The van der Waals surface area contributed by atoms with Crippen LogP contribution in [0.1, 0.15) is 31.9 Å². The van der Waals surface area contributed by atoms with Gasteiger partial charge < -0.3 is 14.2 Å². The number of hydrazine groups is 1. The van der Waals surface area contributed by atoms with E-state index in [4.69, 9.17) is 20.1 Å². The molecule has 0 aromatic heterocycles. The number of rotatable bonds is 10. The van der Waals surface area contributed by atoms with Crippen LogP contribution in [0.15, 0.2) is 24.3 Å². The third kappa shape index (κ3) is 6.34. The molecule has 0 aliphatic heterocycles. The van der Waals surface area contributed by atoms with Crippen molar-refractivity contribution in [2.75, 3.05) is 26.9 Å². The number of nitrogens with two attached hydrogens (primary N) is 1. The molecule has 0 spiro atoms. The third-order valence-electron chi connectivity index (χ3n) is 2.84. The van der Waals surface area contributed by atoms with E-state index in [1.54, 1.807) is 7.11 Å². The van der Waals surface area contributed by atoms with Crippen molar-refractivity contribution in [1.82, 2.24) is 5.43 Å². The molecule has 1 atom stereocenters. The molecule has 114 valence electrons. The van der Waals surface area contributed by atoms with Crippen LogP contribution in [-0.2, 0) is 9.47 Å². The van der Waals surface area contributed by atoms with Gasteiger partial charge in [-0.1, -0.05) is 12.1 Å². The fraction of sp³-hybridized carbons (Fsp3) is 0.600. The van der Waals surface area contributed by atoms with E-state index in [9.17, 15) is 0 Å². The predicted octanol–water partition coefficient (Wildman–Crippen LogP) is 2.03. The van der Waals surface area contributed by atoms with E-state index in [0.717, 1.165) is 17.7 Å². The average molecular weight is 282 g/mol. The summed E-state index contributed by atoms with van der Waals surface area (Å²) in [7, 11) is 1.66. The van der Waals surface area contributed by atoms with E-state index in [1.165, 1.54) is 0 Å². The Morgan fingerprint density at radius 1 is 1.10 bits per heavy atom. The van der Waals surface area contributed by atoms with Gasteiger partial charge in [-0.3, -0.25) is 11.3 Å². The monoisotopic (exact) mass is 282 g/mol. The maximum absolute atomic E-state index is 5.62. The van der Waals surface area contributed by atoms with E-state index in [-0.39, 0.29) is 12.1 Å². The minimum Gasteiger partial charge on any atom is -0.491 e. The lowest BCUT2D eigenvalue weighted by molar-refractivity contribution is 0.0657. The molecule has 1 unspecified atom stereocenters. The number of nitrogens with one attached hydrogen (secondary N) is 1. The van der Waals surface area contributed by atoms with Crippen molar-refractivity contribution >= 4 is 0 Å². The topological polar surface area (TPSA) is 65.7 Å². The molecule has 1 aromatic carbocycles. The van der Waals surface area contributed by atoms with Gasteiger partial charge in [-0.25, -0.2) is 0 Å². The normalized spacial score (nSPS) is 12.7. The van der Waals surface area contributed by atoms with Crippen LogP contribution in [0, 0.1) is 0 Å². The molecular weight excluding hydrogens is 256 g/mol. The van der Waals surface area contributed by atoms with Crippen LogP contribution < -0.4 is 16.0 Å². The molecule has 0 bridgehead atoms. The minimum atomic E-state index is 0.0747. The second-order valence-corrected chi connectivity index (χ2v) is 4.85. The Morgan fingerprint density at radius 3 is 2.35 bits per heavy atom. The summed E-state index contributed by atoms with van der Waals surface area (Å²) in [6.45, 7) is 5.88.